The number of hydrogen-bond acceptors (Lipinski definition) is 3. The minimum absolute atomic E-state index is 0.384. The molecule has 0 spiro atoms. The van der Waals surface area contributed by atoms with Crippen LogP contribution in [0.2, 0.25) is 0 Å². The van der Waals surface area contributed by atoms with Gasteiger partial charge in [0.05, 0.1) is 0 Å². The van der Waals surface area contributed by atoms with Gasteiger partial charge in [-0.05, 0) is 163 Å². The van der Waals surface area contributed by atoms with Crippen molar-refractivity contribution in [1.82, 2.24) is 0 Å². The molecule has 0 aliphatic heterocycles. The highest BCUT2D eigenvalue weighted by Gasteiger charge is 2.51. The van der Waals surface area contributed by atoms with Gasteiger partial charge in [-0.3, -0.25) is 0 Å². The van der Waals surface area contributed by atoms with Crippen molar-refractivity contribution >= 4 is 65.6 Å². The van der Waals surface area contributed by atoms with Crippen LogP contribution in [0.3, 0.4) is 0 Å². The van der Waals surface area contributed by atoms with E-state index in [9.17, 15) is 0 Å². The molecule has 4 fully saturated rings. The molecule has 4 saturated carbocycles. The molecule has 0 unspecified atom stereocenters. The van der Waals surface area contributed by atoms with Gasteiger partial charge in [0.25, 0.3) is 0 Å². The summed E-state index contributed by atoms with van der Waals surface area (Å²) in [7, 11) is 0. The fraction of sp³-hybridized carbons (Fsp3) is 0.192. The molecule has 0 atom stereocenters. The summed E-state index contributed by atoms with van der Waals surface area (Å²) >= 11 is 1.88. The van der Waals surface area contributed by atoms with Gasteiger partial charge in [-0.2, -0.15) is 0 Å². The number of nitrogens with zero attached hydrogens (tertiary/aromatic N) is 2. The summed E-state index contributed by atoms with van der Waals surface area (Å²) in [5.41, 5.74) is 11.4. The highest BCUT2D eigenvalue weighted by molar-refractivity contribution is 7.25. The van der Waals surface area contributed by atoms with E-state index in [1.807, 2.05) is 11.3 Å². The lowest BCUT2D eigenvalue weighted by Gasteiger charge is -2.57. The predicted molar refractivity (Wildman–Crippen MR) is 234 cm³/mol. The third kappa shape index (κ3) is 5.84. The van der Waals surface area contributed by atoms with Gasteiger partial charge in [-0.25, -0.2) is 0 Å². The number of fused-ring (bicyclic) bond motifs is 3. The van der Waals surface area contributed by atoms with Crippen LogP contribution in [0.5, 0.6) is 0 Å². The van der Waals surface area contributed by atoms with Crippen LogP contribution in [0, 0.1) is 17.8 Å². The lowest BCUT2D eigenvalue weighted by atomic mass is 9.48. The topological polar surface area (TPSA) is 6.48 Å². The van der Waals surface area contributed by atoms with E-state index in [1.54, 1.807) is 5.56 Å². The summed E-state index contributed by atoms with van der Waals surface area (Å²) in [5.74, 6) is 2.81. The molecule has 0 radical (unpaired) electrons. The van der Waals surface area contributed by atoms with Crippen molar-refractivity contribution in [2.45, 2.75) is 43.9 Å². The van der Waals surface area contributed by atoms with Gasteiger partial charge < -0.3 is 9.80 Å². The maximum Gasteiger partial charge on any atom is 0.0468 e. The Morgan fingerprint density at radius 3 is 1.24 bits per heavy atom. The average molecular weight is 729 g/mol. The van der Waals surface area contributed by atoms with Gasteiger partial charge >= 0.3 is 0 Å². The van der Waals surface area contributed by atoms with Gasteiger partial charge in [0, 0.05) is 54.3 Å². The van der Waals surface area contributed by atoms with E-state index < -0.39 is 0 Å². The van der Waals surface area contributed by atoms with E-state index in [0.29, 0.717) is 5.41 Å². The van der Waals surface area contributed by atoms with Crippen LogP contribution in [-0.2, 0) is 5.41 Å². The van der Waals surface area contributed by atoms with Crippen LogP contribution in [0.25, 0.3) is 31.3 Å². The fourth-order valence-electron chi connectivity index (χ4n) is 10.9. The van der Waals surface area contributed by atoms with Crippen LogP contribution in [0.15, 0.2) is 176 Å². The summed E-state index contributed by atoms with van der Waals surface area (Å²) in [4.78, 5) is 4.82. The first-order chi connectivity index (χ1) is 27.2. The minimum Gasteiger partial charge on any atom is -0.310 e. The molecule has 1 heterocycles. The molecule has 4 bridgehead atoms. The second kappa shape index (κ2) is 13.3. The normalized spacial score (nSPS) is 21.3. The summed E-state index contributed by atoms with van der Waals surface area (Å²) < 4.78 is 2.61. The number of hydrogen-bond donors (Lipinski definition) is 0. The van der Waals surface area contributed by atoms with E-state index in [2.05, 4.69) is 186 Å². The molecule has 1 aromatic heterocycles. The number of anilines is 6. The van der Waals surface area contributed by atoms with Gasteiger partial charge in [0.15, 0.2) is 0 Å². The second-order valence-electron chi connectivity index (χ2n) is 16.5. The number of benzene rings is 7. The SMILES string of the molecule is c1ccc(-c2ccc(N(c3ccc(C45CC6CC(CC(C6)C4)C5)cc3)c3ccc4sc5ccc(N(c6ccccc6)c6ccccc6)cc5c4c3)cc2)cc1. The zero-order chi connectivity index (χ0) is 36.3. The third-order valence-electron chi connectivity index (χ3n) is 13.0. The number of para-hydroxylation sites is 2. The van der Waals surface area contributed by atoms with Crippen molar-refractivity contribution in [2.75, 3.05) is 9.80 Å². The quantitative estimate of drug-likeness (QED) is 0.154. The molecule has 0 N–H and O–H groups in total. The van der Waals surface area contributed by atoms with Gasteiger partial charge in [0.2, 0.25) is 0 Å². The van der Waals surface area contributed by atoms with Crippen LogP contribution < -0.4 is 9.80 Å². The molecule has 268 valence electrons. The van der Waals surface area contributed by atoms with E-state index in [0.717, 1.165) is 34.8 Å². The van der Waals surface area contributed by atoms with Crippen molar-refractivity contribution in [3.8, 4) is 11.1 Å². The van der Waals surface area contributed by atoms with E-state index >= 15 is 0 Å². The molecule has 55 heavy (non-hydrogen) atoms. The van der Waals surface area contributed by atoms with Crippen molar-refractivity contribution in [1.29, 1.82) is 0 Å². The highest BCUT2D eigenvalue weighted by atomic mass is 32.1. The minimum atomic E-state index is 0.384. The summed E-state index contributed by atoms with van der Waals surface area (Å²) in [6.07, 6.45) is 8.59. The van der Waals surface area contributed by atoms with E-state index in [-0.39, 0.29) is 0 Å². The lowest BCUT2D eigenvalue weighted by molar-refractivity contribution is -0.00518. The molecular weight excluding hydrogens is 685 g/mol. The van der Waals surface area contributed by atoms with Gasteiger partial charge in [0.1, 0.15) is 0 Å². The molecule has 8 aromatic rings. The van der Waals surface area contributed by atoms with Crippen molar-refractivity contribution < 1.29 is 0 Å². The first-order valence-corrected chi connectivity index (χ1v) is 20.9. The largest absolute Gasteiger partial charge is 0.310 e. The average Bonchev–Trinajstić information content (AvgIpc) is 3.60. The Labute approximate surface area is 328 Å². The Hall–Kier alpha value is -5.64. The molecule has 12 rings (SSSR count). The third-order valence-corrected chi connectivity index (χ3v) is 14.1. The zero-order valence-electron chi connectivity index (χ0n) is 31.0. The Bertz CT molecular complexity index is 2540. The first kappa shape index (κ1) is 32.8. The number of rotatable bonds is 8. The lowest BCUT2D eigenvalue weighted by Crippen LogP contribution is -2.48. The van der Waals surface area contributed by atoms with Crippen molar-refractivity contribution in [3.63, 3.8) is 0 Å². The molecule has 7 aromatic carbocycles. The Balaban J connectivity index is 1.02. The highest BCUT2D eigenvalue weighted by Crippen LogP contribution is 2.61. The van der Waals surface area contributed by atoms with Gasteiger partial charge in [-0.1, -0.05) is 91.0 Å². The Morgan fingerprint density at radius 2 is 0.764 bits per heavy atom. The van der Waals surface area contributed by atoms with Crippen molar-refractivity contribution in [2.24, 2.45) is 17.8 Å². The van der Waals surface area contributed by atoms with Crippen LogP contribution in [0.4, 0.5) is 34.1 Å². The monoisotopic (exact) mass is 728 g/mol. The Morgan fingerprint density at radius 1 is 0.382 bits per heavy atom. The van der Waals surface area contributed by atoms with Crippen LogP contribution >= 0.6 is 11.3 Å². The molecule has 4 aliphatic rings. The first-order valence-electron chi connectivity index (χ1n) is 20.1. The standard InChI is InChI=1S/C52H44N2S/c1-4-10-39(11-5-1)40-16-20-44(21-17-40)54(45-22-18-41(19-23-45)52-33-36-28-37(34-52)30-38(29-36)35-52)47-25-27-51-49(32-47)48-31-46(24-26-50(48)55-51)53(42-12-6-2-7-13-42)43-14-8-3-9-15-43/h1-27,31-32,36-38H,28-30,33-35H2. The molecule has 2 nitrogen and oxygen atoms in total. The molecule has 3 heteroatoms. The smallest absolute Gasteiger partial charge is 0.0468 e. The molecule has 4 aliphatic carbocycles. The maximum absolute atomic E-state index is 2.49. The Kier molecular flexibility index (Phi) is 7.91. The van der Waals surface area contributed by atoms with Gasteiger partial charge in [-0.15, -0.1) is 11.3 Å². The van der Waals surface area contributed by atoms with Crippen molar-refractivity contribution in [3.05, 3.63) is 181 Å². The van der Waals surface area contributed by atoms with E-state index in [4.69, 9.17) is 0 Å². The fourth-order valence-corrected chi connectivity index (χ4v) is 12.0. The summed E-state index contributed by atoms with van der Waals surface area (Å²) in [6.45, 7) is 0. The zero-order valence-corrected chi connectivity index (χ0v) is 31.8. The molecular formula is C52H44N2S. The second-order valence-corrected chi connectivity index (χ2v) is 17.5. The van der Waals surface area contributed by atoms with Crippen LogP contribution in [0.1, 0.15) is 44.1 Å². The summed E-state index contributed by atoms with van der Waals surface area (Å²) in [5, 5.41) is 2.57. The number of thiophene rings is 1. The maximum atomic E-state index is 2.49. The van der Waals surface area contributed by atoms with Crippen LogP contribution in [-0.4, -0.2) is 0 Å². The molecule has 0 amide bonds. The summed E-state index contributed by atoms with van der Waals surface area (Å²) in [6, 6.07) is 65.0. The van der Waals surface area contributed by atoms with E-state index in [1.165, 1.54) is 86.9 Å². The molecule has 0 saturated heterocycles. The predicted octanol–water partition coefficient (Wildman–Crippen LogP) is 15.1.